The fourth-order valence-electron chi connectivity index (χ4n) is 3.65. The number of sulfonamides is 1. The lowest BCUT2D eigenvalue weighted by Crippen LogP contribution is -2.27. The summed E-state index contributed by atoms with van der Waals surface area (Å²) in [6, 6.07) is 18.8. The number of rotatable bonds is 6. The summed E-state index contributed by atoms with van der Waals surface area (Å²) in [6.45, 7) is 1.91. The number of benzene rings is 3. The quantitative estimate of drug-likeness (QED) is 0.496. The fraction of sp³-hybridized carbons (Fsp3) is 0.208. The minimum atomic E-state index is -3.92. The molecule has 1 heterocycles. The van der Waals surface area contributed by atoms with Crippen LogP contribution in [0.2, 0.25) is 5.02 Å². The van der Waals surface area contributed by atoms with E-state index >= 15 is 0 Å². The summed E-state index contributed by atoms with van der Waals surface area (Å²) in [7, 11) is -0.787. The minimum Gasteiger partial charge on any atom is -0.497 e. The number of halogens is 1. The van der Waals surface area contributed by atoms with Gasteiger partial charge >= 0.3 is 0 Å². The monoisotopic (exact) mass is 470 g/mol. The van der Waals surface area contributed by atoms with Gasteiger partial charge in [0.05, 0.1) is 30.9 Å². The Morgan fingerprint density at radius 3 is 2.19 bits per heavy atom. The first kappa shape index (κ1) is 22.2. The SMILES string of the molecule is COc1cc(OC)cc(C2=NN(S(=O)(=O)c3ccc(C)cc3)C(c3ccccc3Cl)C2)c1. The van der Waals surface area contributed by atoms with Gasteiger partial charge in [0.1, 0.15) is 11.5 Å². The van der Waals surface area contributed by atoms with Crippen molar-refractivity contribution < 1.29 is 17.9 Å². The van der Waals surface area contributed by atoms with Crippen LogP contribution in [-0.2, 0) is 10.0 Å². The van der Waals surface area contributed by atoms with Crippen LogP contribution in [0.1, 0.15) is 29.2 Å². The van der Waals surface area contributed by atoms with Gasteiger partial charge in [-0.2, -0.15) is 17.9 Å². The molecule has 3 aromatic carbocycles. The van der Waals surface area contributed by atoms with Crippen molar-refractivity contribution in [2.45, 2.75) is 24.3 Å². The topological polar surface area (TPSA) is 68.2 Å². The van der Waals surface area contributed by atoms with Crippen LogP contribution in [0.5, 0.6) is 11.5 Å². The number of hydrogen-bond donors (Lipinski definition) is 0. The second-order valence-electron chi connectivity index (χ2n) is 7.48. The molecule has 0 spiro atoms. The molecule has 0 bridgehead atoms. The van der Waals surface area contributed by atoms with E-state index in [2.05, 4.69) is 5.10 Å². The first-order valence-electron chi connectivity index (χ1n) is 10.00. The largest absolute Gasteiger partial charge is 0.497 e. The molecule has 1 atom stereocenters. The Labute approximate surface area is 193 Å². The van der Waals surface area contributed by atoms with Crippen LogP contribution < -0.4 is 9.47 Å². The van der Waals surface area contributed by atoms with Gasteiger partial charge in [-0.05, 0) is 42.8 Å². The molecule has 0 N–H and O–H groups in total. The van der Waals surface area contributed by atoms with Crippen LogP contribution in [0.4, 0.5) is 0 Å². The maximum atomic E-state index is 13.6. The Bertz CT molecular complexity index is 1250. The maximum absolute atomic E-state index is 13.6. The number of hydrogen-bond acceptors (Lipinski definition) is 5. The normalized spacial score (nSPS) is 16.1. The van der Waals surface area contributed by atoms with E-state index in [1.54, 1.807) is 50.6 Å². The molecule has 1 aliphatic rings. The van der Waals surface area contributed by atoms with Crippen molar-refractivity contribution in [3.8, 4) is 11.5 Å². The van der Waals surface area contributed by atoms with Gasteiger partial charge in [0.2, 0.25) is 0 Å². The van der Waals surface area contributed by atoms with Crippen molar-refractivity contribution in [2.24, 2.45) is 5.10 Å². The molecule has 0 fully saturated rings. The van der Waals surface area contributed by atoms with Crippen LogP contribution in [0.15, 0.2) is 76.7 Å². The fourth-order valence-corrected chi connectivity index (χ4v) is 5.34. The average molecular weight is 471 g/mol. The van der Waals surface area contributed by atoms with Crippen LogP contribution in [0.25, 0.3) is 0 Å². The van der Waals surface area contributed by atoms with E-state index in [0.717, 1.165) is 11.1 Å². The van der Waals surface area contributed by atoms with Crippen LogP contribution in [0, 0.1) is 6.92 Å². The molecule has 4 rings (SSSR count). The summed E-state index contributed by atoms with van der Waals surface area (Å²) in [5.41, 5.74) is 2.99. The molecular formula is C24H23ClN2O4S. The highest BCUT2D eigenvalue weighted by Gasteiger charge is 2.38. The zero-order valence-electron chi connectivity index (χ0n) is 17.9. The Kier molecular flexibility index (Phi) is 6.13. The molecule has 0 aliphatic carbocycles. The maximum Gasteiger partial charge on any atom is 0.279 e. The first-order valence-corrected chi connectivity index (χ1v) is 11.8. The molecule has 0 radical (unpaired) electrons. The van der Waals surface area contributed by atoms with Gasteiger partial charge in [-0.1, -0.05) is 47.5 Å². The van der Waals surface area contributed by atoms with E-state index in [1.165, 1.54) is 4.41 Å². The van der Waals surface area contributed by atoms with Gasteiger partial charge in [0.15, 0.2) is 0 Å². The predicted molar refractivity (Wildman–Crippen MR) is 125 cm³/mol. The highest BCUT2D eigenvalue weighted by Crippen LogP contribution is 2.40. The molecule has 1 aliphatic heterocycles. The molecule has 0 amide bonds. The van der Waals surface area contributed by atoms with Crippen molar-refractivity contribution in [1.82, 2.24) is 4.41 Å². The average Bonchev–Trinajstić information content (AvgIpc) is 3.25. The Morgan fingerprint density at radius 2 is 1.59 bits per heavy atom. The smallest absolute Gasteiger partial charge is 0.279 e. The molecule has 32 heavy (non-hydrogen) atoms. The standard InChI is InChI=1S/C24H23ClN2O4S/c1-16-8-10-20(11-9-16)32(28,29)27-24(21-6-4-5-7-22(21)25)15-23(26-27)17-12-18(30-2)14-19(13-17)31-3/h4-14,24H,15H2,1-3H3. The number of nitrogens with zero attached hydrogens (tertiary/aromatic N) is 2. The number of aryl methyl sites for hydroxylation is 1. The Morgan fingerprint density at radius 1 is 0.969 bits per heavy atom. The van der Waals surface area contributed by atoms with Crippen LogP contribution >= 0.6 is 11.6 Å². The summed E-state index contributed by atoms with van der Waals surface area (Å²) in [6.07, 6.45) is 0.352. The minimum absolute atomic E-state index is 0.174. The van der Waals surface area contributed by atoms with E-state index in [4.69, 9.17) is 21.1 Å². The lowest BCUT2D eigenvalue weighted by molar-refractivity contribution is 0.371. The molecule has 166 valence electrons. The molecule has 3 aromatic rings. The predicted octanol–water partition coefficient (Wildman–Crippen LogP) is 5.21. The zero-order valence-corrected chi connectivity index (χ0v) is 19.5. The lowest BCUT2D eigenvalue weighted by atomic mass is 9.99. The summed E-state index contributed by atoms with van der Waals surface area (Å²) in [5, 5.41) is 5.06. The summed E-state index contributed by atoms with van der Waals surface area (Å²) in [4.78, 5) is 0.174. The van der Waals surface area contributed by atoms with Crippen molar-refractivity contribution in [3.05, 3.63) is 88.4 Å². The van der Waals surface area contributed by atoms with Gasteiger partial charge in [-0.3, -0.25) is 0 Å². The summed E-state index contributed by atoms with van der Waals surface area (Å²) in [5.74, 6) is 1.19. The van der Waals surface area contributed by atoms with Crippen LogP contribution in [0.3, 0.4) is 0 Å². The lowest BCUT2D eigenvalue weighted by Gasteiger charge is -2.24. The van der Waals surface area contributed by atoms with E-state index in [0.29, 0.717) is 34.2 Å². The third-order valence-electron chi connectivity index (χ3n) is 5.39. The van der Waals surface area contributed by atoms with Gasteiger partial charge in [0, 0.05) is 23.1 Å². The molecule has 6 nitrogen and oxygen atoms in total. The Balaban J connectivity index is 1.84. The highest BCUT2D eigenvalue weighted by atomic mass is 35.5. The van der Waals surface area contributed by atoms with Crippen LogP contribution in [-0.4, -0.2) is 32.8 Å². The van der Waals surface area contributed by atoms with Crippen molar-refractivity contribution in [3.63, 3.8) is 0 Å². The zero-order chi connectivity index (χ0) is 22.9. The molecule has 0 saturated carbocycles. The third kappa shape index (κ3) is 4.18. The number of ether oxygens (including phenoxy) is 2. The van der Waals surface area contributed by atoms with Crippen molar-refractivity contribution >= 4 is 27.3 Å². The first-order chi connectivity index (χ1) is 15.3. The van der Waals surface area contributed by atoms with Gasteiger partial charge in [0.25, 0.3) is 10.0 Å². The second-order valence-corrected chi connectivity index (χ2v) is 9.68. The molecule has 0 saturated heterocycles. The Hall–Kier alpha value is -3.03. The van der Waals surface area contributed by atoms with E-state index in [9.17, 15) is 8.42 Å². The van der Waals surface area contributed by atoms with Crippen molar-refractivity contribution in [1.29, 1.82) is 0 Å². The molecule has 0 aromatic heterocycles. The van der Waals surface area contributed by atoms with Gasteiger partial charge in [-0.25, -0.2) is 0 Å². The number of hydrazone groups is 1. The van der Waals surface area contributed by atoms with E-state index in [1.807, 2.05) is 37.3 Å². The molecule has 8 heteroatoms. The second kappa shape index (κ2) is 8.84. The van der Waals surface area contributed by atoms with E-state index < -0.39 is 16.1 Å². The third-order valence-corrected chi connectivity index (χ3v) is 7.43. The number of methoxy groups -OCH3 is 2. The molecular weight excluding hydrogens is 448 g/mol. The van der Waals surface area contributed by atoms with Crippen molar-refractivity contribution in [2.75, 3.05) is 14.2 Å². The van der Waals surface area contributed by atoms with Gasteiger partial charge < -0.3 is 9.47 Å². The van der Waals surface area contributed by atoms with E-state index in [-0.39, 0.29) is 4.90 Å². The highest BCUT2D eigenvalue weighted by molar-refractivity contribution is 7.89. The summed E-state index contributed by atoms with van der Waals surface area (Å²) < 4.78 is 39.1. The molecule has 1 unspecified atom stereocenters. The summed E-state index contributed by atoms with van der Waals surface area (Å²) >= 11 is 6.46. The van der Waals surface area contributed by atoms with Gasteiger partial charge in [-0.15, -0.1) is 0 Å².